The fourth-order valence-electron chi connectivity index (χ4n) is 3.86. The number of fused-ring (bicyclic) bond motifs is 3. The molecule has 158 valence electrons. The molecule has 0 N–H and O–H groups in total. The first kappa shape index (κ1) is 20.6. The molecule has 9 heteroatoms. The Bertz CT molecular complexity index is 1080. The Morgan fingerprint density at radius 3 is 2.67 bits per heavy atom. The molecule has 0 atom stereocenters. The molecular weight excluding hydrogens is 404 g/mol. The number of imidazole rings is 1. The Labute approximate surface area is 180 Å². The molecule has 0 saturated heterocycles. The number of nitrogens with zero attached hydrogens (tertiary/aromatic N) is 6. The van der Waals surface area contributed by atoms with E-state index in [1.165, 1.54) is 0 Å². The third-order valence-corrected chi connectivity index (χ3v) is 5.70. The first-order valence-electron chi connectivity index (χ1n) is 9.97. The van der Waals surface area contributed by atoms with Crippen LogP contribution in [0.4, 0.5) is 0 Å². The number of hydrogen-bond donors (Lipinski definition) is 0. The standard InChI is InChI=1S/C21H25ClN6O2/c1-12(2)27(13(3)4)10-17-24-20(25-30-17)19-16-9-26(5)21(29)18-14(22)7-6-8-15(18)28(16)11-23-19/h6-8,11-13H,9-10H2,1-5H3. The lowest BCUT2D eigenvalue weighted by Gasteiger charge is -2.28. The smallest absolute Gasteiger partial charge is 0.257 e. The predicted octanol–water partition coefficient (Wildman–Crippen LogP) is 3.78. The van der Waals surface area contributed by atoms with Crippen molar-refractivity contribution in [2.75, 3.05) is 7.05 Å². The summed E-state index contributed by atoms with van der Waals surface area (Å²) in [5.74, 6) is 0.816. The topological polar surface area (TPSA) is 80.3 Å². The molecule has 8 nitrogen and oxygen atoms in total. The highest BCUT2D eigenvalue weighted by molar-refractivity contribution is 6.34. The van der Waals surface area contributed by atoms with Crippen molar-refractivity contribution in [2.45, 2.75) is 52.9 Å². The molecule has 0 unspecified atom stereocenters. The average molecular weight is 429 g/mol. The maximum absolute atomic E-state index is 12.9. The minimum Gasteiger partial charge on any atom is -0.337 e. The summed E-state index contributed by atoms with van der Waals surface area (Å²) in [5, 5.41) is 4.58. The Kier molecular flexibility index (Phi) is 5.38. The van der Waals surface area contributed by atoms with Crippen LogP contribution in [0.25, 0.3) is 17.2 Å². The second kappa shape index (κ2) is 7.85. The van der Waals surface area contributed by atoms with E-state index in [0.29, 0.717) is 58.9 Å². The fourth-order valence-corrected chi connectivity index (χ4v) is 4.12. The molecule has 2 aromatic heterocycles. The number of carbonyl (C=O) groups is 1. The van der Waals surface area contributed by atoms with Crippen LogP contribution < -0.4 is 0 Å². The molecule has 4 rings (SSSR count). The number of benzene rings is 1. The predicted molar refractivity (Wildman–Crippen MR) is 113 cm³/mol. The van der Waals surface area contributed by atoms with Crippen molar-refractivity contribution in [3.05, 3.63) is 46.7 Å². The van der Waals surface area contributed by atoms with Gasteiger partial charge in [-0.05, 0) is 39.8 Å². The van der Waals surface area contributed by atoms with Crippen molar-refractivity contribution in [3.63, 3.8) is 0 Å². The summed E-state index contributed by atoms with van der Waals surface area (Å²) in [6, 6.07) is 6.10. The molecule has 0 spiro atoms. The molecule has 0 radical (unpaired) electrons. The number of aromatic nitrogens is 4. The maximum atomic E-state index is 12.9. The Morgan fingerprint density at radius 1 is 1.23 bits per heavy atom. The van der Waals surface area contributed by atoms with Crippen LogP contribution in [-0.4, -0.2) is 54.5 Å². The highest BCUT2D eigenvalue weighted by Gasteiger charge is 2.30. The highest BCUT2D eigenvalue weighted by Crippen LogP contribution is 2.32. The number of carbonyl (C=O) groups excluding carboxylic acids is 1. The molecule has 1 aromatic carbocycles. The van der Waals surface area contributed by atoms with E-state index < -0.39 is 0 Å². The van der Waals surface area contributed by atoms with E-state index >= 15 is 0 Å². The average Bonchev–Trinajstić information content (AvgIpc) is 3.29. The molecule has 1 aliphatic heterocycles. The van der Waals surface area contributed by atoms with Gasteiger partial charge in [-0.15, -0.1) is 0 Å². The van der Waals surface area contributed by atoms with Crippen molar-refractivity contribution in [1.82, 2.24) is 29.5 Å². The summed E-state index contributed by atoms with van der Waals surface area (Å²) in [6.45, 7) is 9.48. The van der Waals surface area contributed by atoms with Crippen LogP contribution in [0.15, 0.2) is 29.0 Å². The van der Waals surface area contributed by atoms with Gasteiger partial charge in [0.2, 0.25) is 11.7 Å². The van der Waals surface area contributed by atoms with Crippen LogP contribution in [0.5, 0.6) is 0 Å². The monoisotopic (exact) mass is 428 g/mol. The largest absolute Gasteiger partial charge is 0.337 e. The number of halogens is 1. The minimum absolute atomic E-state index is 0.136. The van der Waals surface area contributed by atoms with Crippen LogP contribution in [-0.2, 0) is 13.1 Å². The van der Waals surface area contributed by atoms with Gasteiger partial charge < -0.3 is 9.42 Å². The van der Waals surface area contributed by atoms with Gasteiger partial charge >= 0.3 is 0 Å². The highest BCUT2D eigenvalue weighted by atomic mass is 35.5. The van der Waals surface area contributed by atoms with E-state index in [4.69, 9.17) is 16.1 Å². The van der Waals surface area contributed by atoms with Gasteiger partial charge in [0.1, 0.15) is 12.0 Å². The summed E-state index contributed by atoms with van der Waals surface area (Å²) in [7, 11) is 1.74. The molecule has 0 saturated carbocycles. The van der Waals surface area contributed by atoms with Crippen LogP contribution in [0.1, 0.15) is 49.6 Å². The zero-order valence-electron chi connectivity index (χ0n) is 17.8. The molecule has 0 fully saturated rings. The summed E-state index contributed by atoms with van der Waals surface area (Å²) in [5.41, 5.74) is 2.56. The van der Waals surface area contributed by atoms with Gasteiger partial charge in [0, 0.05) is 19.1 Å². The van der Waals surface area contributed by atoms with Crippen LogP contribution >= 0.6 is 11.6 Å². The van der Waals surface area contributed by atoms with E-state index in [1.54, 1.807) is 24.3 Å². The van der Waals surface area contributed by atoms with Crippen LogP contribution in [0, 0.1) is 0 Å². The molecule has 3 heterocycles. The van der Waals surface area contributed by atoms with Crippen molar-refractivity contribution in [2.24, 2.45) is 0 Å². The first-order valence-corrected chi connectivity index (χ1v) is 10.3. The number of rotatable bonds is 5. The van der Waals surface area contributed by atoms with Crippen LogP contribution in [0.3, 0.4) is 0 Å². The molecule has 1 amide bonds. The molecule has 1 aliphatic rings. The van der Waals surface area contributed by atoms with E-state index in [2.05, 4.69) is 47.7 Å². The molecule has 0 bridgehead atoms. The molecule has 0 aliphatic carbocycles. The molecule has 30 heavy (non-hydrogen) atoms. The summed E-state index contributed by atoms with van der Waals surface area (Å²) in [6.07, 6.45) is 1.68. The maximum Gasteiger partial charge on any atom is 0.257 e. The van der Waals surface area contributed by atoms with Crippen molar-refractivity contribution in [1.29, 1.82) is 0 Å². The lowest BCUT2D eigenvalue weighted by molar-refractivity contribution is 0.0788. The normalized spacial score (nSPS) is 13.9. The Hall–Kier alpha value is -2.71. The van der Waals surface area contributed by atoms with Gasteiger partial charge in [-0.1, -0.05) is 22.8 Å². The van der Waals surface area contributed by atoms with Gasteiger partial charge in [0.15, 0.2) is 0 Å². The van der Waals surface area contributed by atoms with Gasteiger partial charge in [0.05, 0.1) is 35.1 Å². The van der Waals surface area contributed by atoms with E-state index in [0.717, 1.165) is 5.69 Å². The third-order valence-electron chi connectivity index (χ3n) is 5.39. The summed E-state index contributed by atoms with van der Waals surface area (Å²) in [4.78, 5) is 25.9. The lowest BCUT2D eigenvalue weighted by atomic mass is 10.1. The zero-order chi connectivity index (χ0) is 21.6. The van der Waals surface area contributed by atoms with Gasteiger partial charge in [-0.25, -0.2) is 4.98 Å². The van der Waals surface area contributed by atoms with Crippen molar-refractivity contribution in [3.8, 4) is 17.2 Å². The zero-order valence-corrected chi connectivity index (χ0v) is 18.5. The second-order valence-corrected chi connectivity index (χ2v) is 8.48. The summed E-state index contributed by atoms with van der Waals surface area (Å²) >= 11 is 6.34. The first-order chi connectivity index (χ1) is 14.3. The second-order valence-electron chi connectivity index (χ2n) is 8.08. The number of hydrogen-bond acceptors (Lipinski definition) is 6. The van der Waals surface area contributed by atoms with Gasteiger partial charge in [-0.2, -0.15) is 4.98 Å². The summed E-state index contributed by atoms with van der Waals surface area (Å²) < 4.78 is 7.40. The van der Waals surface area contributed by atoms with E-state index in [9.17, 15) is 4.79 Å². The lowest BCUT2D eigenvalue weighted by Crippen LogP contribution is -2.36. The Balaban J connectivity index is 1.74. The quantitative estimate of drug-likeness (QED) is 0.615. The molecular formula is C21H25ClN6O2. The van der Waals surface area contributed by atoms with Crippen LogP contribution in [0.2, 0.25) is 5.02 Å². The Morgan fingerprint density at radius 2 is 1.97 bits per heavy atom. The van der Waals surface area contributed by atoms with E-state index in [1.807, 2.05) is 16.7 Å². The van der Waals surface area contributed by atoms with Gasteiger partial charge in [-0.3, -0.25) is 14.3 Å². The fraction of sp³-hybridized carbons (Fsp3) is 0.429. The van der Waals surface area contributed by atoms with Crippen molar-refractivity contribution < 1.29 is 9.32 Å². The minimum atomic E-state index is -0.136. The third kappa shape index (κ3) is 3.50. The van der Waals surface area contributed by atoms with Gasteiger partial charge in [0.25, 0.3) is 5.91 Å². The van der Waals surface area contributed by atoms with E-state index in [-0.39, 0.29) is 5.91 Å². The molecule has 3 aromatic rings. The van der Waals surface area contributed by atoms with Crippen molar-refractivity contribution >= 4 is 17.5 Å². The SMILES string of the molecule is CC(C)N(Cc1nc(-c2ncn3c2CN(C)C(=O)c2c(Cl)cccc2-3)no1)C(C)C. The number of amides is 1.